The third kappa shape index (κ3) is 2.96. The molecule has 1 aliphatic carbocycles. The smallest absolute Gasteiger partial charge is 0.174 e. The molecule has 4 unspecified atom stereocenters. The highest BCUT2D eigenvalue weighted by molar-refractivity contribution is 7.67. The fraction of sp³-hybridized carbons (Fsp3) is 1.00. The number of hydrogen-bond donors (Lipinski definition) is 0. The molecule has 0 radical (unpaired) electrons. The second kappa shape index (κ2) is 5.28. The zero-order valence-corrected chi connectivity index (χ0v) is 18.8. The van der Waals surface area contributed by atoms with Gasteiger partial charge in [0, 0.05) is 13.2 Å². The molecule has 128 valence electrons. The molecule has 0 aromatic rings. The summed E-state index contributed by atoms with van der Waals surface area (Å²) < 4.78 is 12.7. The van der Waals surface area contributed by atoms with Crippen LogP contribution >= 0.6 is 0 Å². The minimum absolute atomic E-state index is 0.135. The second-order valence-electron chi connectivity index (χ2n) is 10.2. The molecule has 0 aromatic carbocycles. The predicted molar refractivity (Wildman–Crippen MR) is 102 cm³/mol. The maximum absolute atomic E-state index is 6.94. The molecule has 0 N–H and O–H groups in total. The fourth-order valence-corrected chi connectivity index (χ4v) is 38.9. The number of hydrogen-bond acceptors (Lipinski definition) is 2. The lowest BCUT2D eigenvalue weighted by Crippen LogP contribution is -2.78. The van der Waals surface area contributed by atoms with E-state index >= 15 is 0 Å². The van der Waals surface area contributed by atoms with Gasteiger partial charge >= 0.3 is 0 Å². The summed E-state index contributed by atoms with van der Waals surface area (Å²) >= 11 is 0. The van der Waals surface area contributed by atoms with E-state index in [1.54, 1.807) is 0 Å². The average Bonchev–Trinajstić information content (AvgIpc) is 3.11. The van der Waals surface area contributed by atoms with Crippen molar-refractivity contribution < 1.29 is 9.16 Å². The normalized spacial score (nSPS) is 45.1. The Labute approximate surface area is 140 Å². The van der Waals surface area contributed by atoms with E-state index in [1.807, 2.05) is 0 Å². The topological polar surface area (TPSA) is 21.8 Å². The van der Waals surface area contributed by atoms with Gasteiger partial charge in [-0.3, -0.25) is 0 Å². The largest absolute Gasteiger partial charge is 0.415 e. The summed E-state index contributed by atoms with van der Waals surface area (Å²) in [6.45, 7) is 18.0. The molecule has 2 nitrogen and oxygen atoms in total. The summed E-state index contributed by atoms with van der Waals surface area (Å²) in [5, 5.41) is 0. The zero-order valence-electron chi connectivity index (χ0n) is 15.8. The number of rotatable bonds is 3. The van der Waals surface area contributed by atoms with Crippen LogP contribution in [0.3, 0.4) is 0 Å². The molecule has 4 atom stereocenters. The van der Waals surface area contributed by atoms with Crippen LogP contribution in [0.4, 0.5) is 0 Å². The van der Waals surface area contributed by atoms with Gasteiger partial charge < -0.3 is 9.16 Å². The van der Waals surface area contributed by atoms with E-state index in [1.165, 1.54) is 37.8 Å². The van der Waals surface area contributed by atoms with Crippen LogP contribution in [0.25, 0.3) is 0 Å². The summed E-state index contributed by atoms with van der Waals surface area (Å²) in [6.07, 6.45) is 6.74. The quantitative estimate of drug-likeness (QED) is 0.530. The molecule has 2 saturated heterocycles. The van der Waals surface area contributed by atoms with Crippen LogP contribution in [0.1, 0.15) is 39.5 Å². The molecule has 0 bridgehead atoms. The van der Waals surface area contributed by atoms with Gasteiger partial charge in [0.2, 0.25) is 0 Å². The van der Waals surface area contributed by atoms with E-state index < -0.39 is 22.5 Å². The first-order chi connectivity index (χ1) is 9.96. The molecule has 0 aromatic heterocycles. The van der Waals surface area contributed by atoms with Crippen LogP contribution in [0.5, 0.6) is 0 Å². The SMILES string of the molecule is CC1(C)C[Si](C)(C)[Si](C)(C)[Si](C)(CCC2CCC3OC3C2)O1. The summed E-state index contributed by atoms with van der Waals surface area (Å²) in [5.41, 5.74) is 0.135. The predicted octanol–water partition coefficient (Wildman–Crippen LogP) is 4.90. The summed E-state index contributed by atoms with van der Waals surface area (Å²) in [5.74, 6) is 0.913. The van der Waals surface area contributed by atoms with Crippen molar-refractivity contribution in [2.24, 2.45) is 5.92 Å². The molecule has 5 heteroatoms. The van der Waals surface area contributed by atoms with Gasteiger partial charge in [-0.15, -0.1) is 0 Å². The minimum atomic E-state index is -1.57. The van der Waals surface area contributed by atoms with E-state index in [0.29, 0.717) is 12.2 Å². The lowest BCUT2D eigenvalue weighted by Gasteiger charge is -2.59. The first-order valence-corrected chi connectivity index (χ1v) is 20.1. The molecule has 3 fully saturated rings. The van der Waals surface area contributed by atoms with Gasteiger partial charge in [0.1, 0.15) is 0 Å². The van der Waals surface area contributed by atoms with E-state index in [0.717, 1.165) is 5.92 Å². The standard InChI is InChI=1S/C17H36O2Si3/c1-17(2)13-20(3,4)21(5,6)22(7,19-17)11-10-14-8-9-15-16(12-14)18-15/h14-16H,8-13H2,1-7H3. The molecule has 1 saturated carbocycles. The van der Waals surface area contributed by atoms with Gasteiger partial charge in [-0.2, -0.15) is 0 Å². The van der Waals surface area contributed by atoms with Gasteiger partial charge in [-0.1, -0.05) is 32.6 Å². The lowest BCUT2D eigenvalue weighted by molar-refractivity contribution is 0.119. The second-order valence-corrected chi connectivity index (χ2v) is 37.0. The van der Waals surface area contributed by atoms with E-state index in [4.69, 9.17) is 9.16 Å². The summed E-state index contributed by atoms with van der Waals surface area (Å²) in [7, 11) is -3.92. The molecule has 0 amide bonds. The van der Waals surface area contributed by atoms with Gasteiger partial charge in [0.25, 0.3) is 0 Å². The highest BCUT2D eigenvalue weighted by atomic mass is 29.6. The Bertz CT molecular complexity index is 449. The van der Waals surface area contributed by atoms with Crippen molar-refractivity contribution in [2.75, 3.05) is 0 Å². The Kier molecular flexibility index (Phi) is 4.18. The van der Waals surface area contributed by atoms with E-state index in [-0.39, 0.29) is 5.60 Å². The first-order valence-electron chi connectivity index (χ1n) is 9.31. The molecule has 22 heavy (non-hydrogen) atoms. The maximum Gasteiger partial charge on any atom is 0.174 e. The Morgan fingerprint density at radius 2 is 1.68 bits per heavy atom. The molecule has 2 aliphatic heterocycles. The van der Waals surface area contributed by atoms with Gasteiger partial charge in [0.05, 0.1) is 19.3 Å². The molecular weight excluding hydrogens is 320 g/mol. The van der Waals surface area contributed by atoms with Crippen LogP contribution in [-0.2, 0) is 9.16 Å². The average molecular weight is 357 g/mol. The van der Waals surface area contributed by atoms with Crippen molar-refractivity contribution in [1.29, 1.82) is 0 Å². The van der Waals surface area contributed by atoms with Crippen LogP contribution in [0.2, 0.25) is 44.8 Å². The third-order valence-electron chi connectivity index (χ3n) is 7.53. The van der Waals surface area contributed by atoms with Crippen molar-refractivity contribution in [3.8, 4) is 0 Å². The zero-order chi connectivity index (χ0) is 16.4. The number of ether oxygens (including phenoxy) is 1. The monoisotopic (exact) mass is 356 g/mol. The number of fused-ring (bicyclic) bond motifs is 1. The van der Waals surface area contributed by atoms with Crippen molar-refractivity contribution in [1.82, 2.24) is 0 Å². The van der Waals surface area contributed by atoms with Crippen molar-refractivity contribution >= 4 is 22.5 Å². The van der Waals surface area contributed by atoms with Crippen LogP contribution in [-0.4, -0.2) is 40.3 Å². The van der Waals surface area contributed by atoms with E-state index in [2.05, 4.69) is 46.6 Å². The Morgan fingerprint density at radius 3 is 2.32 bits per heavy atom. The highest BCUT2D eigenvalue weighted by Crippen LogP contribution is 2.47. The first kappa shape index (κ1) is 17.4. The highest BCUT2D eigenvalue weighted by Gasteiger charge is 2.62. The molecule has 3 rings (SSSR count). The van der Waals surface area contributed by atoms with Crippen LogP contribution < -0.4 is 0 Å². The summed E-state index contributed by atoms with van der Waals surface area (Å²) in [4.78, 5) is 0. The molecule has 3 aliphatic rings. The lowest BCUT2D eigenvalue weighted by atomic mass is 9.88. The minimum Gasteiger partial charge on any atom is -0.415 e. The van der Waals surface area contributed by atoms with Gasteiger partial charge in [-0.05, 0) is 57.7 Å². The Hall–Kier alpha value is 0.571. The van der Waals surface area contributed by atoms with Crippen LogP contribution in [0.15, 0.2) is 0 Å². The summed E-state index contributed by atoms with van der Waals surface area (Å²) in [6, 6.07) is 2.77. The van der Waals surface area contributed by atoms with Gasteiger partial charge in [0.15, 0.2) is 7.83 Å². The molecular formula is C17H36O2Si3. The number of epoxide rings is 1. The van der Waals surface area contributed by atoms with Crippen molar-refractivity contribution in [2.45, 2.75) is 102 Å². The maximum atomic E-state index is 6.94. The van der Waals surface area contributed by atoms with Crippen molar-refractivity contribution in [3.05, 3.63) is 0 Å². The van der Waals surface area contributed by atoms with Crippen LogP contribution in [0, 0.1) is 5.92 Å². The Morgan fingerprint density at radius 1 is 1.00 bits per heavy atom. The molecule has 2 heterocycles. The third-order valence-corrected chi connectivity index (χ3v) is 48.1. The fourth-order valence-electron chi connectivity index (χ4n) is 5.37. The van der Waals surface area contributed by atoms with Gasteiger partial charge in [-0.25, -0.2) is 0 Å². The van der Waals surface area contributed by atoms with E-state index in [9.17, 15) is 0 Å². The Balaban J connectivity index is 1.70. The molecule has 0 spiro atoms. The van der Waals surface area contributed by atoms with Crippen molar-refractivity contribution in [3.63, 3.8) is 0 Å².